The maximum absolute atomic E-state index is 13.4. The highest BCUT2D eigenvalue weighted by atomic mass is 32.2. The van der Waals surface area contributed by atoms with Gasteiger partial charge in [-0.05, 0) is 55.3 Å². The first kappa shape index (κ1) is 24.7. The molecule has 0 aliphatic carbocycles. The molecule has 2 aromatic carbocycles. The van der Waals surface area contributed by atoms with Crippen LogP contribution in [0.25, 0.3) is 17.0 Å². The Bertz CT molecular complexity index is 1440. The van der Waals surface area contributed by atoms with Gasteiger partial charge in [-0.25, -0.2) is 4.21 Å². The van der Waals surface area contributed by atoms with E-state index in [1.165, 1.54) is 13.2 Å². The van der Waals surface area contributed by atoms with Crippen LogP contribution in [0.2, 0.25) is 0 Å². The third-order valence-corrected chi connectivity index (χ3v) is 7.24. The topological polar surface area (TPSA) is 100 Å². The average molecular weight is 522 g/mol. The molecule has 0 fully saturated rings. The number of hydrogen-bond donors (Lipinski definition) is 1. The molecule has 0 bridgehead atoms. The van der Waals surface area contributed by atoms with Gasteiger partial charge in [0.05, 0.1) is 30.2 Å². The van der Waals surface area contributed by atoms with Crippen molar-refractivity contribution in [3.63, 3.8) is 0 Å². The molecule has 0 saturated carbocycles. The van der Waals surface area contributed by atoms with Crippen molar-refractivity contribution in [2.75, 3.05) is 18.6 Å². The number of allylic oxidation sites excluding steroid dienone is 1. The Labute approximate surface area is 216 Å². The van der Waals surface area contributed by atoms with Gasteiger partial charge in [-0.1, -0.05) is 12.5 Å². The van der Waals surface area contributed by atoms with E-state index in [9.17, 15) is 9.00 Å². The Morgan fingerprint density at radius 3 is 2.84 bits per heavy atom. The molecule has 0 saturated heterocycles. The molecule has 0 spiro atoms. The van der Waals surface area contributed by atoms with E-state index in [4.69, 9.17) is 23.0 Å². The number of ketones is 1. The Balaban J connectivity index is 1.32. The zero-order valence-corrected chi connectivity index (χ0v) is 21.2. The number of furan rings is 2. The van der Waals surface area contributed by atoms with Crippen LogP contribution in [-0.2, 0) is 22.2 Å². The van der Waals surface area contributed by atoms with Crippen LogP contribution in [0, 0.1) is 0 Å². The lowest BCUT2D eigenvalue weighted by molar-refractivity contribution is -0.114. The summed E-state index contributed by atoms with van der Waals surface area (Å²) in [5, 5.41) is 0.750. The first-order valence-electron chi connectivity index (χ1n) is 12.0. The van der Waals surface area contributed by atoms with E-state index in [1.807, 2.05) is 18.2 Å². The van der Waals surface area contributed by atoms with Gasteiger partial charge in [-0.3, -0.25) is 4.79 Å². The summed E-state index contributed by atoms with van der Waals surface area (Å²) in [4.78, 5) is 13.2. The minimum absolute atomic E-state index is 0.00652. The molecule has 1 aliphatic heterocycles. The fourth-order valence-corrected chi connectivity index (χ4v) is 5.30. The molecule has 8 nitrogen and oxygen atoms in total. The van der Waals surface area contributed by atoms with Crippen LogP contribution in [0.4, 0.5) is 5.69 Å². The minimum atomic E-state index is -1.63. The monoisotopic (exact) mass is 521 g/mol. The fourth-order valence-electron chi connectivity index (χ4n) is 4.25. The lowest BCUT2D eigenvalue weighted by Crippen LogP contribution is -2.07. The zero-order chi connectivity index (χ0) is 25.6. The number of nitrogens with one attached hydrogen (secondary N) is 1. The number of hydrogen-bond acceptors (Lipinski definition) is 7. The number of unbranched alkanes of at least 4 members (excludes halogenated alkanes) is 2. The number of benzene rings is 2. The quantitative estimate of drug-likeness (QED) is 0.173. The Kier molecular flexibility index (Phi) is 7.60. The number of rotatable bonds is 12. The number of carbonyl (C=O) groups is 1. The van der Waals surface area contributed by atoms with Crippen LogP contribution in [-0.4, -0.2) is 23.9 Å². The first-order valence-corrected chi connectivity index (χ1v) is 13.2. The smallest absolute Gasteiger partial charge is 0.231 e. The van der Waals surface area contributed by atoms with Crippen LogP contribution in [0.1, 0.15) is 37.0 Å². The highest BCUT2D eigenvalue weighted by Gasteiger charge is 2.25. The highest BCUT2D eigenvalue weighted by molar-refractivity contribution is 7.86. The molecule has 4 aromatic rings. The Morgan fingerprint density at radius 1 is 1.08 bits per heavy atom. The number of methoxy groups -OCH3 is 1. The number of anilines is 1. The van der Waals surface area contributed by atoms with Gasteiger partial charge in [-0.2, -0.15) is 0 Å². The van der Waals surface area contributed by atoms with Gasteiger partial charge in [0, 0.05) is 29.9 Å². The molecule has 9 heteroatoms. The van der Waals surface area contributed by atoms with Gasteiger partial charge in [0.25, 0.3) is 0 Å². The van der Waals surface area contributed by atoms with Crippen molar-refractivity contribution in [3.8, 4) is 17.2 Å². The van der Waals surface area contributed by atoms with Crippen LogP contribution in [0.3, 0.4) is 0 Å². The largest absolute Gasteiger partial charge is 0.492 e. The summed E-state index contributed by atoms with van der Waals surface area (Å²) >= 11 is 0. The van der Waals surface area contributed by atoms with Crippen molar-refractivity contribution >= 4 is 39.5 Å². The van der Waals surface area contributed by atoms with Crippen molar-refractivity contribution in [1.29, 1.82) is 0 Å². The second-order valence-electron chi connectivity index (χ2n) is 8.50. The molecule has 37 heavy (non-hydrogen) atoms. The summed E-state index contributed by atoms with van der Waals surface area (Å²) < 4.78 is 44.0. The van der Waals surface area contributed by atoms with Gasteiger partial charge in [0.2, 0.25) is 12.5 Å². The molecule has 0 radical (unpaired) electrons. The minimum Gasteiger partial charge on any atom is -0.492 e. The van der Waals surface area contributed by atoms with Gasteiger partial charge in [0.1, 0.15) is 11.3 Å². The van der Waals surface area contributed by atoms with Gasteiger partial charge in [-0.15, -0.1) is 0 Å². The molecular formula is C28H27NO7S. The summed E-state index contributed by atoms with van der Waals surface area (Å²) in [5.41, 5.74) is 1.68. The fraction of sp³-hybridized carbons (Fsp3) is 0.250. The molecule has 1 aliphatic rings. The number of aryl methyl sites for hydroxylation is 1. The van der Waals surface area contributed by atoms with Crippen LogP contribution >= 0.6 is 0 Å². The molecule has 192 valence electrons. The summed E-state index contributed by atoms with van der Waals surface area (Å²) in [7, 11) is -0.111. The molecule has 0 unspecified atom stereocenters. The molecule has 1 atom stereocenters. The number of fused-ring (bicyclic) bond motifs is 2. The van der Waals surface area contributed by atoms with Crippen LogP contribution in [0.15, 0.2) is 74.8 Å². The average Bonchev–Trinajstić information content (AvgIpc) is 3.68. The van der Waals surface area contributed by atoms with Gasteiger partial charge >= 0.3 is 0 Å². The molecule has 1 N–H and O–H groups in total. The third-order valence-electron chi connectivity index (χ3n) is 6.08. The lowest BCUT2D eigenvalue weighted by atomic mass is 10.1. The standard InChI is InChI=1S/C28H27NO7S/c1-32-27-21(13-12-19(30)7-3-2-4-8-20-9-6-15-33-20)23(17-25-28(27)36-18-35-25)29-37(31)26-11-5-10-24-22(26)14-16-34-24/h5-6,9-17,29H,2-4,7-8,18H2,1H3/b13-12+/t37-/m1/s1. The van der Waals surface area contributed by atoms with E-state index in [0.717, 1.165) is 36.8 Å². The second kappa shape index (κ2) is 11.4. The van der Waals surface area contributed by atoms with Crippen LogP contribution in [0.5, 0.6) is 17.2 Å². The number of ether oxygens (including phenoxy) is 3. The van der Waals surface area contributed by atoms with Crippen molar-refractivity contribution < 1.29 is 32.0 Å². The van der Waals surface area contributed by atoms with E-state index in [2.05, 4.69) is 4.72 Å². The molecule has 0 amide bonds. The second-order valence-corrected chi connectivity index (χ2v) is 9.69. The third kappa shape index (κ3) is 5.56. The van der Waals surface area contributed by atoms with Crippen molar-refractivity contribution in [2.45, 2.75) is 37.0 Å². The number of carbonyl (C=O) groups excluding carboxylic acids is 1. The Morgan fingerprint density at radius 2 is 2.00 bits per heavy atom. The molecule has 2 aromatic heterocycles. The SMILES string of the molecule is COc1c(/C=C/C(=O)CCCCCc2ccco2)c(N[S@](=O)c2cccc3occc23)cc2c1OCO2. The van der Waals surface area contributed by atoms with E-state index in [0.29, 0.717) is 45.4 Å². The predicted molar refractivity (Wildman–Crippen MR) is 140 cm³/mol. The maximum Gasteiger partial charge on any atom is 0.231 e. The van der Waals surface area contributed by atoms with Crippen molar-refractivity contribution in [1.82, 2.24) is 0 Å². The van der Waals surface area contributed by atoms with Gasteiger partial charge < -0.3 is 27.8 Å². The van der Waals surface area contributed by atoms with Crippen molar-refractivity contribution in [3.05, 3.63) is 72.4 Å². The van der Waals surface area contributed by atoms with E-state index in [-0.39, 0.29) is 12.6 Å². The molecule has 3 heterocycles. The summed E-state index contributed by atoms with van der Waals surface area (Å²) in [6, 6.07) is 12.7. The maximum atomic E-state index is 13.4. The summed E-state index contributed by atoms with van der Waals surface area (Å²) in [5.74, 6) is 2.27. The zero-order valence-electron chi connectivity index (χ0n) is 20.4. The highest BCUT2D eigenvalue weighted by Crippen LogP contribution is 2.47. The van der Waals surface area contributed by atoms with E-state index < -0.39 is 11.0 Å². The van der Waals surface area contributed by atoms with E-state index >= 15 is 0 Å². The molecular weight excluding hydrogens is 494 g/mol. The normalized spacial score (nSPS) is 13.3. The van der Waals surface area contributed by atoms with Crippen molar-refractivity contribution in [2.24, 2.45) is 0 Å². The van der Waals surface area contributed by atoms with Crippen LogP contribution < -0.4 is 18.9 Å². The first-order chi connectivity index (χ1) is 18.1. The predicted octanol–water partition coefficient (Wildman–Crippen LogP) is 6.28. The molecule has 5 rings (SSSR count). The summed E-state index contributed by atoms with van der Waals surface area (Å²) in [6.07, 6.45) is 10.4. The Hall–Kier alpha value is -3.98. The van der Waals surface area contributed by atoms with Gasteiger partial charge in [0.15, 0.2) is 28.3 Å². The lowest BCUT2D eigenvalue weighted by Gasteiger charge is -2.15. The van der Waals surface area contributed by atoms with E-state index in [1.54, 1.807) is 42.9 Å². The summed E-state index contributed by atoms with van der Waals surface area (Å²) in [6.45, 7) is 0.0483.